The third kappa shape index (κ3) is 3.30. The molecular formula is C21H24F3N3. The highest BCUT2D eigenvalue weighted by Gasteiger charge is 2.44. The number of aryl methyl sites for hydroxylation is 2. The van der Waals surface area contributed by atoms with Gasteiger partial charge in [0, 0.05) is 24.5 Å². The number of aromatic nitrogens is 2. The number of anilines is 1. The summed E-state index contributed by atoms with van der Waals surface area (Å²) in [5.41, 5.74) is 3.09. The molecule has 2 aromatic rings. The van der Waals surface area contributed by atoms with Crippen LogP contribution in [0.15, 0.2) is 24.3 Å². The molecule has 0 radical (unpaired) electrons. The molecule has 1 saturated heterocycles. The monoisotopic (exact) mass is 375 g/mol. The highest BCUT2D eigenvalue weighted by molar-refractivity contribution is 5.39. The number of benzene rings is 1. The van der Waals surface area contributed by atoms with Gasteiger partial charge in [-0.2, -0.15) is 13.2 Å². The van der Waals surface area contributed by atoms with Gasteiger partial charge < -0.3 is 4.90 Å². The quantitative estimate of drug-likeness (QED) is 0.735. The summed E-state index contributed by atoms with van der Waals surface area (Å²) < 4.78 is 40.1. The molecule has 1 aliphatic carbocycles. The summed E-state index contributed by atoms with van der Waals surface area (Å²) >= 11 is 0. The maximum Gasteiger partial charge on any atom is 0.416 e. The van der Waals surface area contributed by atoms with Crippen molar-refractivity contribution in [3.8, 4) is 0 Å². The molecule has 4 rings (SSSR count). The number of rotatable bonds is 2. The molecule has 0 spiro atoms. The lowest BCUT2D eigenvalue weighted by atomic mass is 9.91. The molecule has 1 aromatic heterocycles. The van der Waals surface area contributed by atoms with Gasteiger partial charge in [-0.1, -0.05) is 18.2 Å². The van der Waals surface area contributed by atoms with Gasteiger partial charge in [0.2, 0.25) is 5.95 Å². The second kappa shape index (κ2) is 6.50. The molecule has 2 heterocycles. The van der Waals surface area contributed by atoms with Crippen LogP contribution in [0.4, 0.5) is 19.1 Å². The molecule has 0 amide bonds. The van der Waals surface area contributed by atoms with Gasteiger partial charge in [0.05, 0.1) is 5.56 Å². The molecule has 1 aromatic carbocycles. The van der Waals surface area contributed by atoms with Crippen molar-refractivity contribution in [3.63, 3.8) is 0 Å². The van der Waals surface area contributed by atoms with E-state index in [0.29, 0.717) is 17.4 Å². The first kappa shape index (κ1) is 18.3. The normalized spacial score (nSPS) is 25.1. The number of fused-ring (bicyclic) bond motifs is 1. The fraction of sp³-hybridized carbons (Fsp3) is 0.524. The molecule has 1 saturated carbocycles. The topological polar surface area (TPSA) is 29.0 Å². The van der Waals surface area contributed by atoms with E-state index in [2.05, 4.69) is 14.9 Å². The van der Waals surface area contributed by atoms with Crippen LogP contribution in [0.2, 0.25) is 0 Å². The fourth-order valence-corrected chi connectivity index (χ4v) is 4.72. The Morgan fingerprint density at radius 1 is 0.926 bits per heavy atom. The molecule has 6 heteroatoms. The molecule has 0 unspecified atom stereocenters. The largest absolute Gasteiger partial charge is 0.416 e. The van der Waals surface area contributed by atoms with E-state index in [0.717, 1.165) is 48.8 Å². The molecular weight excluding hydrogens is 351 g/mol. The summed E-state index contributed by atoms with van der Waals surface area (Å²) in [7, 11) is 0. The average Bonchev–Trinajstić information content (AvgIpc) is 3.17. The van der Waals surface area contributed by atoms with E-state index in [1.807, 2.05) is 20.8 Å². The second-order valence-electron chi connectivity index (χ2n) is 8.00. The van der Waals surface area contributed by atoms with Crippen molar-refractivity contribution in [2.75, 3.05) is 18.0 Å². The van der Waals surface area contributed by atoms with Gasteiger partial charge in [0.15, 0.2) is 0 Å². The molecule has 2 aliphatic rings. The zero-order valence-corrected chi connectivity index (χ0v) is 15.8. The third-order valence-electron chi connectivity index (χ3n) is 6.36. The minimum absolute atomic E-state index is 0.0117. The minimum atomic E-state index is -4.29. The van der Waals surface area contributed by atoms with E-state index in [-0.39, 0.29) is 5.92 Å². The van der Waals surface area contributed by atoms with E-state index in [1.54, 1.807) is 12.1 Å². The standard InChI is InChI=1S/C21H24F3N3/c1-12-13(2)25-20(26-14(12)3)27-10-16-8-15(9-17(16)11-27)18-6-4-5-7-19(18)21(22,23)24/h4-7,15-17H,8-11H2,1-3H3/t15-,16-,17+. The SMILES string of the molecule is Cc1nc(N2C[C@H]3C[C@@H](c4ccccc4C(F)(F)F)C[C@H]3C2)nc(C)c1C. The van der Waals surface area contributed by atoms with Crippen LogP contribution in [0.1, 0.15) is 46.8 Å². The molecule has 0 N–H and O–H groups in total. The van der Waals surface area contributed by atoms with Crippen molar-refractivity contribution in [1.29, 1.82) is 0 Å². The smallest absolute Gasteiger partial charge is 0.340 e. The van der Waals surface area contributed by atoms with Gasteiger partial charge in [-0.3, -0.25) is 0 Å². The first-order valence-electron chi connectivity index (χ1n) is 9.47. The summed E-state index contributed by atoms with van der Waals surface area (Å²) in [4.78, 5) is 11.5. The number of alkyl halides is 3. The van der Waals surface area contributed by atoms with Gasteiger partial charge in [-0.05, 0) is 68.6 Å². The zero-order chi connectivity index (χ0) is 19.3. The van der Waals surface area contributed by atoms with Crippen molar-refractivity contribution in [2.24, 2.45) is 11.8 Å². The highest BCUT2D eigenvalue weighted by atomic mass is 19.4. The van der Waals surface area contributed by atoms with Crippen molar-refractivity contribution < 1.29 is 13.2 Å². The maximum atomic E-state index is 13.4. The van der Waals surface area contributed by atoms with Gasteiger partial charge >= 0.3 is 6.18 Å². The van der Waals surface area contributed by atoms with Crippen molar-refractivity contribution in [2.45, 2.75) is 45.7 Å². The lowest BCUT2D eigenvalue weighted by molar-refractivity contribution is -0.138. The number of nitrogens with zero attached hydrogens (tertiary/aromatic N) is 3. The van der Waals surface area contributed by atoms with E-state index < -0.39 is 11.7 Å². The van der Waals surface area contributed by atoms with Crippen LogP contribution in [0.25, 0.3) is 0 Å². The molecule has 0 bridgehead atoms. The van der Waals surface area contributed by atoms with Crippen molar-refractivity contribution >= 4 is 5.95 Å². The lowest BCUT2D eigenvalue weighted by Crippen LogP contribution is -2.24. The number of halogens is 3. The summed E-state index contributed by atoms with van der Waals surface area (Å²) in [6, 6.07) is 6.06. The van der Waals surface area contributed by atoms with E-state index >= 15 is 0 Å². The van der Waals surface area contributed by atoms with E-state index in [4.69, 9.17) is 0 Å². The molecule has 3 nitrogen and oxygen atoms in total. The Morgan fingerprint density at radius 2 is 1.48 bits per heavy atom. The Bertz CT molecular complexity index is 825. The molecule has 27 heavy (non-hydrogen) atoms. The average molecular weight is 375 g/mol. The minimum Gasteiger partial charge on any atom is -0.340 e. The maximum absolute atomic E-state index is 13.4. The Hall–Kier alpha value is -2.11. The highest BCUT2D eigenvalue weighted by Crippen LogP contribution is 2.49. The van der Waals surface area contributed by atoms with Crippen molar-refractivity contribution in [3.05, 3.63) is 52.3 Å². The second-order valence-corrected chi connectivity index (χ2v) is 8.00. The predicted molar refractivity (Wildman–Crippen MR) is 98.9 cm³/mol. The predicted octanol–water partition coefficient (Wildman–Crippen LogP) is 5.05. The first-order chi connectivity index (χ1) is 12.7. The first-order valence-corrected chi connectivity index (χ1v) is 9.47. The van der Waals surface area contributed by atoms with Crippen LogP contribution in [0.3, 0.4) is 0 Å². The molecule has 3 atom stereocenters. The Balaban J connectivity index is 1.51. The molecule has 1 aliphatic heterocycles. The van der Waals surface area contributed by atoms with Crippen LogP contribution < -0.4 is 4.90 Å². The summed E-state index contributed by atoms with van der Waals surface area (Å²) in [5.74, 6) is 1.56. The number of hydrogen-bond acceptors (Lipinski definition) is 3. The van der Waals surface area contributed by atoms with Gasteiger partial charge in [-0.15, -0.1) is 0 Å². The summed E-state index contributed by atoms with van der Waals surface area (Å²) in [5, 5.41) is 0. The Labute approximate surface area is 157 Å². The van der Waals surface area contributed by atoms with Crippen LogP contribution in [-0.4, -0.2) is 23.1 Å². The van der Waals surface area contributed by atoms with Crippen LogP contribution >= 0.6 is 0 Å². The lowest BCUT2D eigenvalue weighted by Gasteiger charge is -2.22. The van der Waals surface area contributed by atoms with Crippen LogP contribution in [0.5, 0.6) is 0 Å². The van der Waals surface area contributed by atoms with Gasteiger partial charge in [0.1, 0.15) is 0 Å². The fourth-order valence-electron chi connectivity index (χ4n) is 4.72. The van der Waals surface area contributed by atoms with Crippen LogP contribution in [0, 0.1) is 32.6 Å². The summed E-state index contributed by atoms with van der Waals surface area (Å²) in [6.45, 7) is 7.67. The third-order valence-corrected chi connectivity index (χ3v) is 6.36. The van der Waals surface area contributed by atoms with E-state index in [9.17, 15) is 13.2 Å². The summed E-state index contributed by atoms with van der Waals surface area (Å²) in [6.07, 6.45) is -2.68. The Kier molecular flexibility index (Phi) is 4.40. The van der Waals surface area contributed by atoms with Crippen LogP contribution in [-0.2, 0) is 6.18 Å². The van der Waals surface area contributed by atoms with Gasteiger partial charge in [0.25, 0.3) is 0 Å². The zero-order valence-electron chi connectivity index (χ0n) is 15.8. The van der Waals surface area contributed by atoms with Crippen molar-refractivity contribution in [1.82, 2.24) is 9.97 Å². The molecule has 144 valence electrons. The number of hydrogen-bond donors (Lipinski definition) is 0. The van der Waals surface area contributed by atoms with Gasteiger partial charge in [-0.25, -0.2) is 9.97 Å². The van der Waals surface area contributed by atoms with E-state index in [1.165, 1.54) is 12.1 Å². The Morgan fingerprint density at radius 3 is 2.04 bits per heavy atom. The molecule has 2 fully saturated rings.